The predicted octanol–water partition coefficient (Wildman–Crippen LogP) is 8.97. The van der Waals surface area contributed by atoms with Gasteiger partial charge in [0.25, 0.3) is 0 Å². The van der Waals surface area contributed by atoms with E-state index < -0.39 is 0 Å². The fourth-order valence-electron chi connectivity index (χ4n) is 4.10. The van der Waals surface area contributed by atoms with Crippen molar-refractivity contribution in [3.63, 3.8) is 0 Å². The lowest BCUT2D eigenvalue weighted by atomic mass is 9.95. The number of hydrogen-bond donors (Lipinski definition) is 0. The molecule has 0 aliphatic carbocycles. The van der Waals surface area contributed by atoms with Crippen LogP contribution in [0.25, 0.3) is 32.7 Å². The molecule has 0 saturated carbocycles. The SMILES string of the molecule is CCCCCCCc1ccc2c(ccc3c(F)c(-c4ccc(Cl)cc4)ccc32)c1. The van der Waals surface area contributed by atoms with Crippen LogP contribution in [-0.4, -0.2) is 0 Å². The Morgan fingerprint density at radius 2 is 1.45 bits per heavy atom. The van der Waals surface area contributed by atoms with Gasteiger partial charge in [0.1, 0.15) is 5.82 Å². The zero-order valence-corrected chi connectivity index (χ0v) is 17.6. The van der Waals surface area contributed by atoms with Gasteiger partial charge in [0.15, 0.2) is 0 Å². The maximum absolute atomic E-state index is 15.3. The van der Waals surface area contributed by atoms with Crippen LogP contribution in [0.2, 0.25) is 5.02 Å². The first kappa shape index (κ1) is 19.9. The summed E-state index contributed by atoms with van der Waals surface area (Å²) in [7, 11) is 0. The van der Waals surface area contributed by atoms with Gasteiger partial charge in [0.05, 0.1) is 0 Å². The van der Waals surface area contributed by atoms with Crippen molar-refractivity contribution in [3.8, 4) is 11.1 Å². The molecule has 148 valence electrons. The predicted molar refractivity (Wildman–Crippen MR) is 124 cm³/mol. The van der Waals surface area contributed by atoms with E-state index in [2.05, 4.69) is 25.1 Å². The zero-order chi connectivity index (χ0) is 20.2. The van der Waals surface area contributed by atoms with E-state index >= 15 is 4.39 Å². The standard InChI is InChI=1S/C27H26ClF/c1-2-3-4-5-6-7-19-8-14-23-21(18-19)11-15-26-25(23)17-16-24(27(26)29)20-9-12-22(28)13-10-20/h8-18H,2-7H2,1H3. The van der Waals surface area contributed by atoms with E-state index in [-0.39, 0.29) is 5.82 Å². The third-order valence-corrected chi connectivity index (χ3v) is 5.99. The number of aryl methyl sites for hydroxylation is 1. The second-order valence-electron chi connectivity index (χ2n) is 7.81. The van der Waals surface area contributed by atoms with Crippen molar-refractivity contribution >= 4 is 33.1 Å². The minimum atomic E-state index is -0.174. The Bertz CT molecular complexity index is 1130. The molecule has 0 spiro atoms. The van der Waals surface area contributed by atoms with E-state index in [1.807, 2.05) is 36.4 Å². The summed E-state index contributed by atoms with van der Waals surface area (Å²) in [6.07, 6.45) is 7.57. The van der Waals surface area contributed by atoms with Gasteiger partial charge in [-0.25, -0.2) is 4.39 Å². The summed E-state index contributed by atoms with van der Waals surface area (Å²) in [5.74, 6) is -0.174. The molecule has 0 aliphatic heterocycles. The Kier molecular flexibility index (Phi) is 6.16. The molecule has 0 atom stereocenters. The summed E-state index contributed by atoms with van der Waals surface area (Å²) < 4.78 is 15.3. The maximum Gasteiger partial charge on any atom is 0.138 e. The number of halogens is 2. The molecule has 0 N–H and O–H groups in total. The highest BCUT2D eigenvalue weighted by molar-refractivity contribution is 6.30. The van der Waals surface area contributed by atoms with Crippen molar-refractivity contribution < 1.29 is 4.39 Å². The van der Waals surface area contributed by atoms with E-state index in [0.717, 1.165) is 22.8 Å². The molecule has 0 saturated heterocycles. The number of benzene rings is 4. The number of rotatable bonds is 7. The van der Waals surface area contributed by atoms with Crippen molar-refractivity contribution in [1.82, 2.24) is 0 Å². The highest BCUT2D eigenvalue weighted by atomic mass is 35.5. The molecule has 4 rings (SSSR count). The van der Waals surface area contributed by atoms with Crippen molar-refractivity contribution in [1.29, 1.82) is 0 Å². The molecular formula is C27H26ClF. The van der Waals surface area contributed by atoms with E-state index in [0.29, 0.717) is 16.0 Å². The van der Waals surface area contributed by atoms with Crippen LogP contribution in [0.3, 0.4) is 0 Å². The van der Waals surface area contributed by atoms with Gasteiger partial charge in [0, 0.05) is 16.0 Å². The van der Waals surface area contributed by atoms with Crippen LogP contribution in [0, 0.1) is 5.82 Å². The molecule has 0 radical (unpaired) electrons. The lowest BCUT2D eigenvalue weighted by molar-refractivity contribution is 0.632. The molecule has 0 aromatic heterocycles. The molecule has 4 aromatic rings. The number of fused-ring (bicyclic) bond motifs is 3. The normalized spacial score (nSPS) is 11.4. The fourth-order valence-corrected chi connectivity index (χ4v) is 4.23. The van der Waals surface area contributed by atoms with Crippen molar-refractivity contribution in [2.45, 2.75) is 45.4 Å². The third-order valence-electron chi connectivity index (χ3n) is 5.74. The highest BCUT2D eigenvalue weighted by Crippen LogP contribution is 2.34. The molecule has 0 unspecified atom stereocenters. The largest absolute Gasteiger partial charge is 0.206 e. The maximum atomic E-state index is 15.3. The Balaban J connectivity index is 1.65. The van der Waals surface area contributed by atoms with Gasteiger partial charge in [-0.3, -0.25) is 0 Å². The summed E-state index contributed by atoms with van der Waals surface area (Å²) in [5.41, 5.74) is 2.82. The average Bonchev–Trinajstić information content (AvgIpc) is 2.74. The third kappa shape index (κ3) is 4.31. The minimum Gasteiger partial charge on any atom is -0.206 e. The van der Waals surface area contributed by atoms with Gasteiger partial charge in [-0.05, 0) is 52.3 Å². The van der Waals surface area contributed by atoms with Gasteiger partial charge in [-0.2, -0.15) is 0 Å². The Labute approximate surface area is 177 Å². The van der Waals surface area contributed by atoms with Crippen LogP contribution in [0.5, 0.6) is 0 Å². The minimum absolute atomic E-state index is 0.174. The van der Waals surface area contributed by atoms with E-state index in [9.17, 15) is 0 Å². The first-order valence-corrected chi connectivity index (χ1v) is 10.9. The summed E-state index contributed by atoms with van der Waals surface area (Å²) in [6, 6.07) is 21.8. The quantitative estimate of drug-likeness (QED) is 0.213. The van der Waals surface area contributed by atoms with Crippen molar-refractivity contribution in [3.05, 3.63) is 83.1 Å². The lowest BCUT2D eigenvalue weighted by Gasteiger charge is -2.11. The smallest absolute Gasteiger partial charge is 0.138 e. The van der Waals surface area contributed by atoms with Crippen molar-refractivity contribution in [2.24, 2.45) is 0 Å². The molecule has 29 heavy (non-hydrogen) atoms. The van der Waals surface area contributed by atoms with E-state index in [1.54, 1.807) is 12.1 Å². The molecule has 0 heterocycles. The number of hydrogen-bond acceptors (Lipinski definition) is 0. The molecule has 2 heteroatoms. The lowest BCUT2D eigenvalue weighted by Crippen LogP contribution is -1.90. The second kappa shape index (κ2) is 8.97. The zero-order valence-electron chi connectivity index (χ0n) is 16.8. The second-order valence-corrected chi connectivity index (χ2v) is 8.25. The Morgan fingerprint density at radius 1 is 0.724 bits per heavy atom. The summed E-state index contributed by atoms with van der Waals surface area (Å²) in [6.45, 7) is 2.24. The molecule has 4 aromatic carbocycles. The molecular weight excluding hydrogens is 379 g/mol. The highest BCUT2D eigenvalue weighted by Gasteiger charge is 2.11. The molecule has 0 nitrogen and oxygen atoms in total. The van der Waals surface area contributed by atoms with E-state index in [1.165, 1.54) is 43.1 Å². The summed E-state index contributed by atoms with van der Waals surface area (Å²) in [4.78, 5) is 0. The van der Waals surface area contributed by atoms with Crippen LogP contribution < -0.4 is 0 Å². The first-order chi connectivity index (χ1) is 14.2. The van der Waals surface area contributed by atoms with Gasteiger partial charge < -0.3 is 0 Å². The van der Waals surface area contributed by atoms with Crippen LogP contribution >= 0.6 is 11.6 Å². The van der Waals surface area contributed by atoms with Gasteiger partial charge >= 0.3 is 0 Å². The topological polar surface area (TPSA) is 0 Å². The first-order valence-electron chi connectivity index (χ1n) is 10.6. The Morgan fingerprint density at radius 3 is 2.24 bits per heavy atom. The number of unbranched alkanes of at least 4 members (excludes halogenated alkanes) is 4. The van der Waals surface area contributed by atoms with Gasteiger partial charge in [0.2, 0.25) is 0 Å². The van der Waals surface area contributed by atoms with Crippen LogP contribution in [0.4, 0.5) is 4.39 Å². The van der Waals surface area contributed by atoms with Crippen LogP contribution in [0.1, 0.15) is 44.6 Å². The molecule has 0 aliphatic rings. The Hall–Kier alpha value is -2.38. The fraction of sp³-hybridized carbons (Fsp3) is 0.259. The molecule has 0 fully saturated rings. The molecule has 0 amide bonds. The van der Waals surface area contributed by atoms with Gasteiger partial charge in [-0.15, -0.1) is 0 Å². The summed E-state index contributed by atoms with van der Waals surface area (Å²) in [5, 5.41) is 4.58. The summed E-state index contributed by atoms with van der Waals surface area (Å²) >= 11 is 5.97. The van der Waals surface area contributed by atoms with Crippen LogP contribution in [0.15, 0.2) is 66.7 Å². The average molecular weight is 405 g/mol. The van der Waals surface area contributed by atoms with Crippen LogP contribution in [-0.2, 0) is 6.42 Å². The van der Waals surface area contributed by atoms with Crippen molar-refractivity contribution in [2.75, 3.05) is 0 Å². The molecule has 0 bridgehead atoms. The monoisotopic (exact) mass is 404 g/mol. The van der Waals surface area contributed by atoms with E-state index in [4.69, 9.17) is 11.6 Å². The van der Waals surface area contributed by atoms with Gasteiger partial charge in [-0.1, -0.05) is 98.8 Å².